The van der Waals surface area contributed by atoms with E-state index < -0.39 is 10.8 Å². The zero-order valence-electron chi connectivity index (χ0n) is 11.1. The molecule has 0 radical (unpaired) electrons. The fraction of sp³-hybridized carbons (Fsp3) is 0.286. The number of carbonyl (C=O) groups excluding carboxylic acids is 1. The molecular formula is C14H15N3O2S. The van der Waals surface area contributed by atoms with Crippen LogP contribution in [0.1, 0.15) is 24.6 Å². The van der Waals surface area contributed by atoms with Crippen LogP contribution in [0.25, 0.3) is 5.69 Å². The molecule has 1 amide bonds. The van der Waals surface area contributed by atoms with E-state index in [4.69, 9.17) is 0 Å². The molecule has 1 atom stereocenters. The maximum absolute atomic E-state index is 11.7. The quantitative estimate of drug-likeness (QED) is 0.939. The summed E-state index contributed by atoms with van der Waals surface area (Å²) < 4.78 is 13.4. The van der Waals surface area contributed by atoms with Gasteiger partial charge < -0.3 is 5.32 Å². The van der Waals surface area contributed by atoms with Crippen LogP contribution >= 0.6 is 0 Å². The molecule has 1 aliphatic heterocycles. The molecule has 1 aromatic carbocycles. The van der Waals surface area contributed by atoms with Crippen LogP contribution in [0.2, 0.25) is 0 Å². The Bertz CT molecular complexity index is 679. The Kier molecular flexibility index (Phi) is 3.40. The number of hydrogen-bond acceptors (Lipinski definition) is 3. The summed E-state index contributed by atoms with van der Waals surface area (Å²) in [5.74, 6) is 1.51. The van der Waals surface area contributed by atoms with E-state index in [1.807, 2.05) is 30.3 Å². The van der Waals surface area contributed by atoms with Crippen LogP contribution in [0.15, 0.2) is 30.3 Å². The van der Waals surface area contributed by atoms with Gasteiger partial charge in [0.1, 0.15) is 5.82 Å². The Morgan fingerprint density at radius 3 is 2.80 bits per heavy atom. The lowest BCUT2D eigenvalue weighted by atomic mass is 10.2. The Morgan fingerprint density at radius 2 is 2.10 bits per heavy atom. The molecule has 3 rings (SSSR count). The first kappa shape index (κ1) is 13.1. The number of nitrogens with one attached hydrogen (secondary N) is 1. The molecule has 0 unspecified atom stereocenters. The predicted molar refractivity (Wildman–Crippen MR) is 78.0 cm³/mol. The average Bonchev–Trinajstić information content (AvgIpc) is 2.97. The minimum absolute atomic E-state index is 0.0671. The SMILES string of the molecule is CCC(=O)Nc1c2c(nn1-c1ccccc1)C[S@](=O)C2. The van der Waals surface area contributed by atoms with E-state index in [0.717, 1.165) is 16.9 Å². The summed E-state index contributed by atoms with van der Waals surface area (Å²) in [5, 5.41) is 7.39. The monoisotopic (exact) mass is 289 g/mol. The van der Waals surface area contributed by atoms with Crippen molar-refractivity contribution in [1.82, 2.24) is 9.78 Å². The summed E-state index contributed by atoms with van der Waals surface area (Å²) in [7, 11) is -0.907. The summed E-state index contributed by atoms with van der Waals surface area (Å²) in [6.07, 6.45) is 0.401. The van der Waals surface area contributed by atoms with E-state index >= 15 is 0 Å². The molecule has 0 aliphatic carbocycles. The first-order valence-electron chi connectivity index (χ1n) is 6.50. The highest BCUT2D eigenvalue weighted by Crippen LogP contribution is 2.31. The van der Waals surface area contributed by atoms with Crippen LogP contribution in [0.3, 0.4) is 0 Å². The van der Waals surface area contributed by atoms with Crippen LogP contribution in [-0.4, -0.2) is 19.9 Å². The number of amides is 1. The minimum Gasteiger partial charge on any atom is -0.310 e. The van der Waals surface area contributed by atoms with Crippen LogP contribution in [0.5, 0.6) is 0 Å². The fourth-order valence-electron chi connectivity index (χ4n) is 2.23. The molecule has 0 saturated heterocycles. The van der Waals surface area contributed by atoms with Crippen molar-refractivity contribution in [3.05, 3.63) is 41.6 Å². The smallest absolute Gasteiger partial charge is 0.225 e. The van der Waals surface area contributed by atoms with E-state index in [1.54, 1.807) is 11.6 Å². The van der Waals surface area contributed by atoms with Crippen molar-refractivity contribution in [2.45, 2.75) is 24.9 Å². The first-order chi connectivity index (χ1) is 9.69. The van der Waals surface area contributed by atoms with Gasteiger partial charge in [-0.15, -0.1) is 0 Å². The van der Waals surface area contributed by atoms with Gasteiger partial charge >= 0.3 is 0 Å². The van der Waals surface area contributed by atoms with E-state index in [0.29, 0.717) is 23.7 Å². The normalized spacial score (nSPS) is 16.9. The van der Waals surface area contributed by atoms with Gasteiger partial charge in [0.25, 0.3) is 0 Å². The van der Waals surface area contributed by atoms with Gasteiger partial charge in [-0.05, 0) is 12.1 Å². The van der Waals surface area contributed by atoms with Crippen molar-refractivity contribution in [3.63, 3.8) is 0 Å². The van der Waals surface area contributed by atoms with Gasteiger partial charge in [0, 0.05) is 22.8 Å². The van der Waals surface area contributed by atoms with Crippen molar-refractivity contribution in [3.8, 4) is 5.69 Å². The van der Waals surface area contributed by atoms with Gasteiger partial charge in [-0.2, -0.15) is 5.10 Å². The second kappa shape index (κ2) is 5.20. The lowest BCUT2D eigenvalue weighted by Gasteiger charge is -2.10. The van der Waals surface area contributed by atoms with Crippen molar-refractivity contribution in [1.29, 1.82) is 0 Å². The number of rotatable bonds is 3. The fourth-order valence-corrected chi connectivity index (χ4v) is 3.50. The molecule has 1 N–H and O–H groups in total. The van der Waals surface area contributed by atoms with Crippen molar-refractivity contribution < 1.29 is 9.00 Å². The molecule has 2 heterocycles. The molecule has 5 nitrogen and oxygen atoms in total. The highest BCUT2D eigenvalue weighted by atomic mass is 32.2. The molecule has 2 aromatic rings. The zero-order chi connectivity index (χ0) is 14.1. The largest absolute Gasteiger partial charge is 0.310 e. The standard InChI is InChI=1S/C14H15N3O2S/c1-2-13(18)15-14-11-8-20(19)9-12(11)16-17(14)10-6-4-3-5-7-10/h3-7H,2,8-9H2,1H3,(H,15,18)/t20-/m1/s1. The molecule has 0 saturated carbocycles. The highest BCUT2D eigenvalue weighted by molar-refractivity contribution is 7.83. The number of fused-ring (bicyclic) bond motifs is 1. The number of para-hydroxylation sites is 1. The van der Waals surface area contributed by atoms with E-state index in [2.05, 4.69) is 10.4 Å². The molecular weight excluding hydrogens is 274 g/mol. The van der Waals surface area contributed by atoms with Gasteiger partial charge in [0.05, 0.1) is 22.9 Å². The Balaban J connectivity index is 2.09. The number of carbonyl (C=O) groups is 1. The van der Waals surface area contributed by atoms with Gasteiger partial charge in [-0.1, -0.05) is 25.1 Å². The molecule has 1 aliphatic rings. The van der Waals surface area contributed by atoms with Crippen molar-refractivity contribution >= 4 is 22.5 Å². The molecule has 0 spiro atoms. The Hall–Kier alpha value is -1.95. The molecule has 1 aromatic heterocycles. The minimum atomic E-state index is -0.907. The third-order valence-corrected chi connectivity index (χ3v) is 4.46. The molecule has 104 valence electrons. The van der Waals surface area contributed by atoms with Crippen LogP contribution in [0.4, 0.5) is 5.82 Å². The Labute approximate surface area is 119 Å². The summed E-state index contributed by atoms with van der Waals surface area (Å²) in [6.45, 7) is 1.80. The van der Waals surface area contributed by atoms with E-state index in [1.165, 1.54) is 0 Å². The van der Waals surface area contributed by atoms with Crippen molar-refractivity contribution in [2.75, 3.05) is 5.32 Å². The Morgan fingerprint density at radius 1 is 1.35 bits per heavy atom. The van der Waals surface area contributed by atoms with Gasteiger partial charge in [-0.3, -0.25) is 9.00 Å². The molecule has 0 bridgehead atoms. The lowest BCUT2D eigenvalue weighted by Crippen LogP contribution is -2.15. The second-order valence-electron chi connectivity index (χ2n) is 4.65. The van der Waals surface area contributed by atoms with Crippen LogP contribution in [0, 0.1) is 0 Å². The van der Waals surface area contributed by atoms with Gasteiger partial charge in [0.2, 0.25) is 5.91 Å². The molecule has 20 heavy (non-hydrogen) atoms. The third kappa shape index (κ3) is 2.27. The number of benzene rings is 1. The van der Waals surface area contributed by atoms with Crippen molar-refractivity contribution in [2.24, 2.45) is 0 Å². The topological polar surface area (TPSA) is 64.0 Å². The second-order valence-corrected chi connectivity index (χ2v) is 6.11. The number of hydrogen-bond donors (Lipinski definition) is 1. The summed E-state index contributed by atoms with van der Waals surface area (Å²) in [5.41, 5.74) is 2.60. The number of aromatic nitrogens is 2. The number of nitrogens with zero attached hydrogens (tertiary/aromatic N) is 2. The average molecular weight is 289 g/mol. The maximum Gasteiger partial charge on any atom is 0.225 e. The molecule has 0 fully saturated rings. The third-order valence-electron chi connectivity index (χ3n) is 3.25. The highest BCUT2D eigenvalue weighted by Gasteiger charge is 2.27. The van der Waals surface area contributed by atoms with Gasteiger partial charge in [0.15, 0.2) is 0 Å². The predicted octanol–water partition coefficient (Wildman–Crippen LogP) is 1.98. The van der Waals surface area contributed by atoms with E-state index in [9.17, 15) is 9.00 Å². The maximum atomic E-state index is 11.7. The van der Waals surface area contributed by atoms with Crippen LogP contribution in [-0.2, 0) is 27.1 Å². The summed E-state index contributed by atoms with van der Waals surface area (Å²) in [6, 6.07) is 9.64. The zero-order valence-corrected chi connectivity index (χ0v) is 11.9. The lowest BCUT2D eigenvalue weighted by molar-refractivity contribution is -0.115. The number of anilines is 1. The summed E-state index contributed by atoms with van der Waals surface area (Å²) >= 11 is 0. The summed E-state index contributed by atoms with van der Waals surface area (Å²) in [4.78, 5) is 11.7. The van der Waals surface area contributed by atoms with Gasteiger partial charge in [-0.25, -0.2) is 4.68 Å². The van der Waals surface area contributed by atoms with Crippen LogP contribution < -0.4 is 5.32 Å². The molecule has 6 heteroatoms. The first-order valence-corrected chi connectivity index (χ1v) is 7.99. The van der Waals surface area contributed by atoms with E-state index in [-0.39, 0.29) is 5.91 Å².